The van der Waals surface area contributed by atoms with Gasteiger partial charge >= 0.3 is 0 Å². The van der Waals surface area contributed by atoms with Crippen LogP contribution in [0.4, 0.5) is 5.69 Å². The van der Waals surface area contributed by atoms with Crippen LogP contribution in [0, 0.1) is 12.8 Å². The lowest BCUT2D eigenvalue weighted by molar-refractivity contribution is -0.141. The van der Waals surface area contributed by atoms with E-state index >= 15 is 0 Å². The fraction of sp³-hybridized carbons (Fsp3) is 0.579. The van der Waals surface area contributed by atoms with Crippen LogP contribution in [0.3, 0.4) is 0 Å². The Kier molecular flexibility index (Phi) is 6.51. The van der Waals surface area contributed by atoms with Crippen molar-refractivity contribution < 1.29 is 14.3 Å². The molecule has 0 unspecified atom stereocenters. The fourth-order valence-electron chi connectivity index (χ4n) is 3.45. The predicted molar refractivity (Wildman–Crippen MR) is 101 cm³/mol. The van der Waals surface area contributed by atoms with E-state index in [1.54, 1.807) is 6.07 Å². The third-order valence-electron chi connectivity index (χ3n) is 5.08. The maximum Gasteiger partial charge on any atom is 0.238 e. The van der Waals surface area contributed by atoms with E-state index in [0.717, 1.165) is 31.5 Å². The number of likely N-dealkylation sites (tertiary alicyclic amines) is 1. The van der Waals surface area contributed by atoms with Crippen LogP contribution >= 0.6 is 11.6 Å². The molecule has 0 bridgehead atoms. The van der Waals surface area contributed by atoms with Gasteiger partial charge in [0.05, 0.1) is 19.8 Å². The van der Waals surface area contributed by atoms with Gasteiger partial charge < -0.3 is 15.0 Å². The minimum absolute atomic E-state index is 0.0529. The lowest BCUT2D eigenvalue weighted by Gasteiger charge is -2.35. The minimum atomic E-state index is -0.0529. The van der Waals surface area contributed by atoms with Crippen LogP contribution in [0.25, 0.3) is 0 Å². The van der Waals surface area contributed by atoms with Gasteiger partial charge in [0.2, 0.25) is 11.8 Å². The highest BCUT2D eigenvalue weighted by Gasteiger charge is 2.29. The van der Waals surface area contributed by atoms with E-state index in [1.165, 1.54) is 0 Å². The lowest BCUT2D eigenvalue weighted by atomic mass is 9.95. The van der Waals surface area contributed by atoms with Gasteiger partial charge in [-0.1, -0.05) is 17.7 Å². The Labute approximate surface area is 159 Å². The smallest absolute Gasteiger partial charge is 0.238 e. The molecule has 0 spiro atoms. The Bertz CT molecular complexity index is 653. The number of amides is 2. The fourth-order valence-corrected chi connectivity index (χ4v) is 3.63. The maximum atomic E-state index is 12.5. The molecule has 0 atom stereocenters. The number of carbonyl (C=O) groups is 2. The predicted octanol–water partition coefficient (Wildman–Crippen LogP) is 2.16. The zero-order chi connectivity index (χ0) is 18.5. The molecule has 1 N–H and O–H groups in total. The summed E-state index contributed by atoms with van der Waals surface area (Å²) in [6, 6.07) is 5.51. The van der Waals surface area contributed by atoms with Crippen LogP contribution in [-0.4, -0.2) is 67.6 Å². The van der Waals surface area contributed by atoms with E-state index in [4.69, 9.17) is 16.3 Å². The molecule has 0 radical (unpaired) electrons. The zero-order valence-electron chi connectivity index (χ0n) is 15.2. The van der Waals surface area contributed by atoms with Gasteiger partial charge in [-0.2, -0.15) is 0 Å². The molecule has 2 saturated heterocycles. The first-order valence-electron chi connectivity index (χ1n) is 9.18. The summed E-state index contributed by atoms with van der Waals surface area (Å²) in [6.07, 6.45) is 1.61. The third kappa shape index (κ3) is 4.96. The molecule has 0 aliphatic carbocycles. The average Bonchev–Trinajstić information content (AvgIpc) is 2.65. The highest BCUT2D eigenvalue weighted by Crippen LogP contribution is 2.22. The molecule has 1 aromatic rings. The van der Waals surface area contributed by atoms with Gasteiger partial charge in [0.15, 0.2) is 0 Å². The topological polar surface area (TPSA) is 61.9 Å². The van der Waals surface area contributed by atoms with Crippen molar-refractivity contribution in [3.8, 4) is 0 Å². The van der Waals surface area contributed by atoms with Crippen molar-refractivity contribution in [2.75, 3.05) is 51.3 Å². The van der Waals surface area contributed by atoms with Crippen molar-refractivity contribution >= 4 is 29.1 Å². The Balaban J connectivity index is 1.43. The number of hydrogen-bond acceptors (Lipinski definition) is 4. The van der Waals surface area contributed by atoms with Crippen molar-refractivity contribution in [1.29, 1.82) is 0 Å². The van der Waals surface area contributed by atoms with Crippen LogP contribution in [0.1, 0.15) is 18.4 Å². The zero-order valence-corrected chi connectivity index (χ0v) is 15.9. The van der Waals surface area contributed by atoms with Crippen LogP contribution < -0.4 is 5.32 Å². The second-order valence-electron chi connectivity index (χ2n) is 7.00. The summed E-state index contributed by atoms with van der Waals surface area (Å²) < 4.78 is 5.31. The molecule has 2 fully saturated rings. The first-order chi connectivity index (χ1) is 12.5. The first kappa shape index (κ1) is 19.1. The highest BCUT2D eigenvalue weighted by molar-refractivity contribution is 6.31. The number of piperidine rings is 1. The summed E-state index contributed by atoms with van der Waals surface area (Å²) in [5, 5.41) is 3.53. The molecular formula is C19H26ClN3O3. The Morgan fingerprint density at radius 1 is 1.19 bits per heavy atom. The summed E-state index contributed by atoms with van der Waals surface area (Å²) in [4.78, 5) is 28.8. The van der Waals surface area contributed by atoms with E-state index in [9.17, 15) is 9.59 Å². The van der Waals surface area contributed by atoms with Gasteiger partial charge in [0.1, 0.15) is 0 Å². The molecule has 1 aromatic carbocycles. The molecule has 2 aliphatic heterocycles. The summed E-state index contributed by atoms with van der Waals surface area (Å²) in [5.41, 5.74) is 1.69. The standard InChI is InChI=1S/C19H26ClN3O3/c1-14-2-3-16(12-17(14)20)21-18(24)13-22-6-4-15(5-7-22)19(25)23-8-10-26-11-9-23/h2-3,12,15H,4-11,13H2,1H3,(H,21,24). The summed E-state index contributed by atoms with van der Waals surface area (Å²) in [6.45, 7) is 6.45. The van der Waals surface area contributed by atoms with Gasteiger partial charge in [-0.25, -0.2) is 0 Å². The number of halogens is 1. The Hall–Kier alpha value is -1.63. The van der Waals surface area contributed by atoms with Crippen molar-refractivity contribution in [2.24, 2.45) is 5.92 Å². The van der Waals surface area contributed by atoms with E-state index < -0.39 is 0 Å². The number of ether oxygens (including phenoxy) is 1. The maximum absolute atomic E-state index is 12.5. The summed E-state index contributed by atoms with van der Waals surface area (Å²) >= 11 is 6.09. The largest absolute Gasteiger partial charge is 0.378 e. The van der Waals surface area contributed by atoms with Crippen molar-refractivity contribution in [1.82, 2.24) is 9.80 Å². The number of anilines is 1. The lowest BCUT2D eigenvalue weighted by Crippen LogP contribution is -2.47. The molecule has 26 heavy (non-hydrogen) atoms. The molecule has 7 heteroatoms. The second-order valence-corrected chi connectivity index (χ2v) is 7.41. The SMILES string of the molecule is Cc1ccc(NC(=O)CN2CCC(C(=O)N3CCOCC3)CC2)cc1Cl. The molecular weight excluding hydrogens is 354 g/mol. The molecule has 2 aliphatic rings. The van der Waals surface area contributed by atoms with Crippen molar-refractivity contribution in [3.63, 3.8) is 0 Å². The molecule has 0 saturated carbocycles. The van der Waals surface area contributed by atoms with E-state index in [0.29, 0.717) is 43.6 Å². The van der Waals surface area contributed by atoms with Crippen LogP contribution in [0.5, 0.6) is 0 Å². The van der Waals surface area contributed by atoms with Gasteiger partial charge in [-0.3, -0.25) is 14.5 Å². The van der Waals surface area contributed by atoms with Crippen LogP contribution in [0.2, 0.25) is 5.02 Å². The monoisotopic (exact) mass is 379 g/mol. The molecule has 2 heterocycles. The molecule has 3 rings (SSSR count). The van der Waals surface area contributed by atoms with Crippen molar-refractivity contribution in [2.45, 2.75) is 19.8 Å². The number of nitrogens with zero attached hydrogens (tertiary/aromatic N) is 2. The van der Waals surface area contributed by atoms with Gasteiger partial charge in [-0.05, 0) is 50.6 Å². The Morgan fingerprint density at radius 2 is 1.88 bits per heavy atom. The quantitative estimate of drug-likeness (QED) is 0.870. The number of rotatable bonds is 4. The van der Waals surface area contributed by atoms with Gasteiger partial charge in [-0.15, -0.1) is 0 Å². The molecule has 6 nitrogen and oxygen atoms in total. The minimum Gasteiger partial charge on any atom is -0.378 e. The number of nitrogens with one attached hydrogen (secondary N) is 1. The van der Waals surface area contributed by atoms with E-state index in [-0.39, 0.29) is 17.7 Å². The molecule has 142 valence electrons. The number of benzene rings is 1. The number of morpholine rings is 1. The third-order valence-corrected chi connectivity index (χ3v) is 5.49. The summed E-state index contributed by atoms with van der Waals surface area (Å²) in [7, 11) is 0. The van der Waals surface area contributed by atoms with E-state index in [2.05, 4.69) is 10.2 Å². The number of aryl methyl sites for hydroxylation is 1. The molecule has 0 aromatic heterocycles. The van der Waals surface area contributed by atoms with Crippen LogP contribution in [0.15, 0.2) is 18.2 Å². The van der Waals surface area contributed by atoms with Crippen molar-refractivity contribution in [3.05, 3.63) is 28.8 Å². The number of carbonyl (C=O) groups excluding carboxylic acids is 2. The second kappa shape index (κ2) is 8.84. The average molecular weight is 380 g/mol. The number of hydrogen-bond donors (Lipinski definition) is 1. The highest BCUT2D eigenvalue weighted by atomic mass is 35.5. The first-order valence-corrected chi connectivity index (χ1v) is 9.55. The molecule has 2 amide bonds. The normalized spacial score (nSPS) is 19.4. The van der Waals surface area contributed by atoms with Gasteiger partial charge in [0, 0.05) is 29.7 Å². The van der Waals surface area contributed by atoms with Gasteiger partial charge in [0.25, 0.3) is 0 Å². The van der Waals surface area contributed by atoms with Crippen LogP contribution in [-0.2, 0) is 14.3 Å². The summed E-state index contributed by atoms with van der Waals surface area (Å²) in [5.74, 6) is 0.262. The Morgan fingerprint density at radius 3 is 2.54 bits per heavy atom. The van der Waals surface area contributed by atoms with E-state index in [1.807, 2.05) is 24.0 Å².